The number of carbonyl (C=O) groups excluding carboxylic acids is 4. The Hall–Kier alpha value is -4.61. The van der Waals surface area contributed by atoms with Gasteiger partial charge in [0, 0.05) is 30.7 Å². The molecule has 1 saturated heterocycles. The summed E-state index contributed by atoms with van der Waals surface area (Å²) in [4.78, 5) is 62.4. The van der Waals surface area contributed by atoms with Gasteiger partial charge in [-0.25, -0.2) is 26.4 Å². The van der Waals surface area contributed by atoms with E-state index in [0.29, 0.717) is 38.2 Å². The molecule has 0 bridgehead atoms. The van der Waals surface area contributed by atoms with Crippen molar-refractivity contribution in [1.82, 2.24) is 25.2 Å². The summed E-state index contributed by atoms with van der Waals surface area (Å²) in [6.45, 7) is 7.16. The molecular formula is C41H54F3N5O9S. The number of alkyl carbamates (subject to hydrolysis) is 1. The maximum Gasteiger partial charge on any atom is 0.408 e. The minimum Gasteiger partial charge on any atom is -0.478 e. The highest BCUT2D eigenvalue weighted by Crippen LogP contribution is 2.48. The van der Waals surface area contributed by atoms with E-state index in [1.807, 2.05) is 29.9 Å². The molecule has 2 aliphatic carbocycles. The van der Waals surface area contributed by atoms with Crippen LogP contribution in [0.5, 0.6) is 11.8 Å². The molecule has 4 aliphatic rings. The molecule has 324 valence electrons. The molecule has 3 heterocycles. The first-order valence-electron chi connectivity index (χ1n) is 20.1. The molecule has 0 spiro atoms. The van der Waals surface area contributed by atoms with Crippen LogP contribution in [0.15, 0.2) is 42.5 Å². The molecule has 1 aromatic heterocycles. The van der Waals surface area contributed by atoms with Gasteiger partial charge in [-0.15, -0.1) is 0 Å². The van der Waals surface area contributed by atoms with Crippen LogP contribution in [0.4, 0.5) is 18.0 Å². The fourth-order valence-electron chi connectivity index (χ4n) is 7.84. The Kier molecular flexibility index (Phi) is 12.3. The van der Waals surface area contributed by atoms with Crippen molar-refractivity contribution in [2.24, 2.45) is 17.8 Å². The Morgan fingerprint density at radius 1 is 1.10 bits per heavy atom. The number of sulfonamides is 1. The molecule has 0 radical (unpaired) electrons. The number of hydrogen-bond acceptors (Lipinski definition) is 10. The predicted molar refractivity (Wildman–Crippen MR) is 211 cm³/mol. The number of carbonyl (C=O) groups is 4. The van der Waals surface area contributed by atoms with Gasteiger partial charge in [-0.3, -0.25) is 19.1 Å². The zero-order chi connectivity index (χ0) is 43.1. The second-order valence-electron chi connectivity index (χ2n) is 17.2. The zero-order valence-corrected chi connectivity index (χ0v) is 35.0. The Morgan fingerprint density at radius 3 is 2.47 bits per heavy atom. The van der Waals surface area contributed by atoms with Crippen molar-refractivity contribution in [2.45, 2.75) is 126 Å². The number of ether oxygens (including phenoxy) is 3. The largest absolute Gasteiger partial charge is 0.478 e. The van der Waals surface area contributed by atoms with Gasteiger partial charge in [0.1, 0.15) is 35.1 Å². The highest BCUT2D eigenvalue weighted by molar-refractivity contribution is 7.91. The summed E-state index contributed by atoms with van der Waals surface area (Å²) in [5.41, 5.74) is -3.97. The molecule has 2 saturated carbocycles. The SMILES string of the molecule is CCOc1cc2ccccc2c(O[C@@H]2C[C@H]3C(=O)N[C@]4(C(=O)NS(=O)(=O)C5(CF)CC5)C[C@H]4/C=C\CC[C@@H](C)C[C@@H](C)[C@H](NC(=O)OC(C)(C)C(C)(F)F)C(=O)N3C2)n1. The van der Waals surface area contributed by atoms with E-state index >= 15 is 0 Å². The summed E-state index contributed by atoms with van der Waals surface area (Å²) in [5, 5.41) is 6.67. The number of rotatable bonds is 11. The van der Waals surface area contributed by atoms with E-state index in [4.69, 9.17) is 14.2 Å². The van der Waals surface area contributed by atoms with Gasteiger partial charge in [0.2, 0.25) is 33.6 Å². The van der Waals surface area contributed by atoms with E-state index < -0.39 is 92.3 Å². The first-order valence-corrected chi connectivity index (χ1v) is 21.6. The lowest BCUT2D eigenvalue weighted by molar-refractivity contribution is -0.152. The molecule has 7 atom stereocenters. The van der Waals surface area contributed by atoms with Crippen LogP contribution >= 0.6 is 0 Å². The van der Waals surface area contributed by atoms with Gasteiger partial charge < -0.3 is 29.7 Å². The summed E-state index contributed by atoms with van der Waals surface area (Å²) in [6, 6.07) is 6.34. The van der Waals surface area contributed by atoms with Crippen LogP contribution in [-0.2, 0) is 29.1 Å². The molecule has 3 fully saturated rings. The predicted octanol–water partition coefficient (Wildman–Crippen LogP) is 5.35. The standard InChI is InChI=1S/C41H54F3N5O9S/c1-7-56-31-19-26-13-9-11-15-29(26)34(45-31)57-28-20-30-33(50)47-41(36(52)48-59(54,55)40(23-42)16-17-40)21-27(41)14-10-8-12-24(2)18-25(3)32(35(51)49(30)22-28)46-37(53)58-38(4,5)39(6,43)44/h9-11,13-15,19,24-25,27-28,30,32H,7-8,12,16-18,20-23H2,1-6H3,(H,46,53)(H,47,50)(H,48,52)/b14-10-/t24-,25-,27-,28-,30+,32+,41-/m1/s1. The van der Waals surface area contributed by atoms with Crippen LogP contribution in [0.25, 0.3) is 10.8 Å². The third-order valence-corrected chi connectivity index (χ3v) is 14.3. The van der Waals surface area contributed by atoms with Crippen LogP contribution in [0.2, 0.25) is 0 Å². The van der Waals surface area contributed by atoms with Gasteiger partial charge in [0.05, 0.1) is 13.2 Å². The number of aromatic nitrogens is 1. The highest BCUT2D eigenvalue weighted by Gasteiger charge is 2.64. The topological polar surface area (TPSA) is 182 Å². The van der Waals surface area contributed by atoms with Crippen LogP contribution < -0.4 is 24.8 Å². The highest BCUT2D eigenvalue weighted by atomic mass is 32.2. The third-order valence-electron chi connectivity index (χ3n) is 12.2. The summed E-state index contributed by atoms with van der Waals surface area (Å²) >= 11 is 0. The molecule has 59 heavy (non-hydrogen) atoms. The minimum absolute atomic E-state index is 0.0145. The first kappa shape index (κ1) is 44.0. The van der Waals surface area contributed by atoms with Crippen molar-refractivity contribution < 1.29 is 55.0 Å². The molecule has 14 nitrogen and oxygen atoms in total. The lowest BCUT2D eigenvalue weighted by Crippen LogP contribution is -2.60. The Bertz CT molecular complexity index is 2090. The molecule has 18 heteroatoms. The van der Waals surface area contributed by atoms with Gasteiger partial charge in [-0.05, 0) is 82.6 Å². The van der Waals surface area contributed by atoms with Crippen LogP contribution in [-0.4, -0.2) is 102 Å². The van der Waals surface area contributed by atoms with Crippen molar-refractivity contribution in [1.29, 1.82) is 0 Å². The quantitative estimate of drug-likeness (QED) is 0.250. The average Bonchev–Trinajstić information content (AvgIpc) is 4.06. The fourth-order valence-corrected chi connectivity index (χ4v) is 9.27. The van der Waals surface area contributed by atoms with Gasteiger partial charge >= 0.3 is 6.09 Å². The minimum atomic E-state index is -4.44. The smallest absolute Gasteiger partial charge is 0.408 e. The van der Waals surface area contributed by atoms with Crippen LogP contribution in [0.3, 0.4) is 0 Å². The number of pyridine rings is 1. The van der Waals surface area contributed by atoms with Crippen molar-refractivity contribution in [3.63, 3.8) is 0 Å². The molecule has 2 aliphatic heterocycles. The van der Waals surface area contributed by atoms with Gasteiger partial charge in [0.15, 0.2) is 5.60 Å². The molecular weight excluding hydrogens is 796 g/mol. The molecule has 3 N–H and O–H groups in total. The number of nitrogens with zero attached hydrogens (tertiary/aromatic N) is 2. The lowest BCUT2D eigenvalue weighted by Gasteiger charge is -2.35. The van der Waals surface area contributed by atoms with Crippen molar-refractivity contribution in [2.75, 3.05) is 19.8 Å². The lowest BCUT2D eigenvalue weighted by atomic mass is 9.88. The van der Waals surface area contributed by atoms with Crippen LogP contribution in [0, 0.1) is 17.8 Å². The van der Waals surface area contributed by atoms with E-state index in [-0.39, 0.29) is 49.9 Å². The number of nitrogens with one attached hydrogen (secondary N) is 3. The summed E-state index contributed by atoms with van der Waals surface area (Å²) in [6.07, 6.45) is 3.04. The van der Waals surface area contributed by atoms with Crippen LogP contribution in [0.1, 0.15) is 86.5 Å². The maximum absolute atomic E-state index is 14.8. The average molecular weight is 850 g/mol. The number of hydrogen-bond donors (Lipinski definition) is 3. The van der Waals surface area contributed by atoms with Crippen molar-refractivity contribution in [3.05, 3.63) is 42.5 Å². The molecule has 1 aromatic carbocycles. The fraction of sp³-hybridized carbons (Fsp3) is 0.634. The summed E-state index contributed by atoms with van der Waals surface area (Å²) in [7, 11) is -4.44. The second kappa shape index (κ2) is 16.4. The zero-order valence-electron chi connectivity index (χ0n) is 34.2. The van der Waals surface area contributed by atoms with E-state index in [1.54, 1.807) is 38.1 Å². The van der Waals surface area contributed by atoms with Gasteiger partial charge in [-0.1, -0.05) is 44.2 Å². The van der Waals surface area contributed by atoms with E-state index in [1.165, 1.54) is 4.90 Å². The van der Waals surface area contributed by atoms with Crippen molar-refractivity contribution >= 4 is 44.6 Å². The molecule has 4 amide bonds. The number of amides is 4. The van der Waals surface area contributed by atoms with Gasteiger partial charge in [0.25, 0.3) is 11.8 Å². The number of alkyl halides is 3. The maximum atomic E-state index is 14.8. The number of halogens is 3. The van der Waals surface area contributed by atoms with E-state index in [0.717, 1.165) is 19.2 Å². The second-order valence-corrected chi connectivity index (χ2v) is 19.2. The van der Waals surface area contributed by atoms with E-state index in [9.17, 15) is 40.8 Å². The first-order chi connectivity index (χ1) is 27.7. The third kappa shape index (κ3) is 9.11. The Balaban J connectivity index is 1.36. The molecule has 2 aromatic rings. The Morgan fingerprint density at radius 2 is 1.81 bits per heavy atom. The Labute approximate surface area is 342 Å². The summed E-state index contributed by atoms with van der Waals surface area (Å²) < 4.78 is 86.7. The summed E-state index contributed by atoms with van der Waals surface area (Å²) in [5.74, 6) is -6.73. The number of allylic oxidation sites excluding steroid dienone is 1. The number of fused-ring (bicyclic) bond motifs is 3. The van der Waals surface area contributed by atoms with Gasteiger partial charge in [-0.2, -0.15) is 4.98 Å². The molecule has 6 rings (SSSR count). The van der Waals surface area contributed by atoms with Crippen molar-refractivity contribution in [3.8, 4) is 11.8 Å². The molecule has 0 unspecified atom stereocenters. The number of benzene rings is 1. The monoisotopic (exact) mass is 849 g/mol. The normalized spacial score (nSPS) is 29.1. The van der Waals surface area contributed by atoms with E-state index in [2.05, 4.69) is 15.6 Å².